The average Bonchev–Trinajstić information content (AvgIpc) is 1.98. The number of halogens is 6. The van der Waals surface area contributed by atoms with Crippen LogP contribution >= 0.6 is 22.0 Å². The molecule has 0 aliphatic rings. The minimum atomic E-state index is -9.94. The van der Waals surface area contributed by atoms with Gasteiger partial charge in [0.25, 0.3) is 0 Å². The summed E-state index contributed by atoms with van der Waals surface area (Å²) in [5.74, 6) is -0.127. The maximum atomic E-state index is 11.8. The molecule has 0 spiro atoms. The maximum Gasteiger partial charge on any atom is 0.385 e. The first kappa shape index (κ1) is 13.0. The van der Waals surface area contributed by atoms with Crippen LogP contribution < -0.4 is 4.74 Å². The van der Waals surface area contributed by atoms with Gasteiger partial charge in [-0.05, 0) is 23.7 Å². The van der Waals surface area contributed by atoms with Gasteiger partial charge in [-0.3, -0.25) is 0 Å². The van der Waals surface area contributed by atoms with Gasteiger partial charge in [-0.1, -0.05) is 42.0 Å². The lowest BCUT2D eigenvalue weighted by Crippen LogP contribution is -2.08. The van der Waals surface area contributed by atoms with Gasteiger partial charge < -0.3 is 4.74 Å². The molecule has 0 amide bonds. The number of hydrogen-bond donors (Lipinski definition) is 0. The van der Waals surface area contributed by atoms with E-state index in [1.807, 2.05) is 0 Å². The van der Waals surface area contributed by atoms with Crippen molar-refractivity contribution in [2.45, 2.75) is 0 Å². The van der Waals surface area contributed by atoms with E-state index in [0.717, 1.165) is 0 Å². The van der Waals surface area contributed by atoms with Crippen LogP contribution in [0, 0.1) is 0 Å². The average molecular weight is 282 g/mol. The lowest BCUT2D eigenvalue weighted by atomic mass is 10.3. The van der Waals surface area contributed by atoms with Crippen molar-refractivity contribution in [3.8, 4) is 5.75 Å². The van der Waals surface area contributed by atoms with Crippen molar-refractivity contribution in [3.63, 3.8) is 0 Å². The van der Waals surface area contributed by atoms with Crippen molar-refractivity contribution in [1.29, 1.82) is 0 Å². The van der Waals surface area contributed by atoms with Crippen molar-refractivity contribution in [2.24, 2.45) is 4.40 Å². The smallest absolute Gasteiger partial charge is 0.385 e. The molecule has 0 aliphatic heterocycles. The van der Waals surface area contributed by atoms with E-state index < -0.39 is 15.8 Å². The number of para-hydroxylation sites is 1. The molecule has 0 bridgehead atoms. The second-order valence-electron chi connectivity index (χ2n) is 2.69. The van der Waals surface area contributed by atoms with Crippen molar-refractivity contribution in [1.82, 2.24) is 0 Å². The Morgan fingerprint density at radius 3 is 2.00 bits per heavy atom. The monoisotopic (exact) mass is 281 g/mol. The van der Waals surface area contributed by atoms with Gasteiger partial charge in [0.15, 0.2) is 0 Å². The van der Waals surface area contributed by atoms with E-state index in [4.69, 9.17) is 11.6 Å². The first-order valence-electron chi connectivity index (χ1n) is 3.69. The number of rotatable bonds is 2. The summed E-state index contributed by atoms with van der Waals surface area (Å²) in [6.07, 6.45) is 0. The zero-order valence-electron chi connectivity index (χ0n) is 7.42. The molecule has 0 N–H and O–H groups in total. The molecule has 0 radical (unpaired) electrons. The van der Waals surface area contributed by atoms with Crippen molar-refractivity contribution in [3.05, 3.63) is 30.3 Å². The Kier molecular flexibility index (Phi) is 2.64. The van der Waals surface area contributed by atoms with Crippen LogP contribution in [0.3, 0.4) is 0 Å². The Morgan fingerprint density at radius 1 is 1.06 bits per heavy atom. The molecule has 0 aliphatic carbocycles. The van der Waals surface area contributed by atoms with Gasteiger partial charge in [0.2, 0.25) is 0 Å². The van der Waals surface area contributed by atoms with Gasteiger partial charge in [-0.15, -0.1) is 0 Å². The highest BCUT2D eigenvalue weighted by molar-refractivity contribution is 8.44. The molecule has 0 unspecified atom stereocenters. The van der Waals surface area contributed by atoms with Crippen LogP contribution in [0.25, 0.3) is 0 Å². The molecule has 0 aromatic heterocycles. The zero-order chi connectivity index (χ0) is 12.5. The predicted molar refractivity (Wildman–Crippen MR) is 53.5 cm³/mol. The standard InChI is InChI=1S/C7H5ClF5NOS/c8-7(14-16(9,10,11,12)13)15-6-4-2-1-3-5-6/h1-5H/b14-7+. The first-order valence-corrected chi connectivity index (χ1v) is 5.97. The zero-order valence-corrected chi connectivity index (χ0v) is 8.99. The molecule has 1 aromatic carbocycles. The fourth-order valence-electron chi connectivity index (χ4n) is 0.740. The summed E-state index contributed by atoms with van der Waals surface area (Å²) < 4.78 is 64.6. The Bertz CT molecular complexity index is 417. The second kappa shape index (κ2) is 3.24. The van der Waals surface area contributed by atoms with E-state index in [2.05, 4.69) is 4.74 Å². The molecule has 2 nitrogen and oxygen atoms in total. The molecule has 92 valence electrons. The predicted octanol–water partition coefficient (Wildman–Crippen LogP) is 4.87. The van der Waals surface area contributed by atoms with Crippen LogP contribution in [0.5, 0.6) is 5.75 Å². The summed E-state index contributed by atoms with van der Waals surface area (Å²) >= 11 is 4.84. The lowest BCUT2D eigenvalue weighted by molar-refractivity contribution is 0.365. The van der Waals surface area contributed by atoms with E-state index in [-0.39, 0.29) is 5.75 Å². The van der Waals surface area contributed by atoms with Gasteiger partial charge in [-0.2, -0.15) is 0 Å². The molecule has 9 heteroatoms. The minimum Gasteiger partial charge on any atom is -0.429 e. The SMILES string of the molecule is FS(F)(F)(F)(F)/N=C(\Cl)Oc1ccccc1. The van der Waals surface area contributed by atoms with E-state index in [1.54, 1.807) is 6.07 Å². The third kappa shape index (κ3) is 5.76. The molecule has 0 fully saturated rings. The van der Waals surface area contributed by atoms with Crippen LogP contribution in [-0.4, -0.2) is 5.36 Å². The number of benzene rings is 1. The molecular formula is C7H5ClF5NOS. The van der Waals surface area contributed by atoms with Crippen LogP contribution in [0.1, 0.15) is 0 Å². The summed E-state index contributed by atoms with van der Waals surface area (Å²) in [5.41, 5.74) is 0. The Labute approximate surface area is 92.5 Å². The van der Waals surface area contributed by atoms with Crippen LogP contribution in [0.15, 0.2) is 34.7 Å². The van der Waals surface area contributed by atoms with Gasteiger partial charge in [0.1, 0.15) is 5.75 Å². The summed E-state index contributed by atoms with van der Waals surface area (Å²) in [7, 11) is -9.94. The van der Waals surface area contributed by atoms with Gasteiger partial charge in [0, 0.05) is 0 Å². The number of nitrogens with zero attached hydrogens (tertiary/aromatic N) is 1. The van der Waals surface area contributed by atoms with Gasteiger partial charge in [-0.25, -0.2) is 0 Å². The molecule has 0 saturated carbocycles. The van der Waals surface area contributed by atoms with Crippen molar-refractivity contribution >= 4 is 27.4 Å². The van der Waals surface area contributed by atoms with E-state index in [0.29, 0.717) is 0 Å². The highest BCUT2D eigenvalue weighted by Gasteiger charge is 2.64. The largest absolute Gasteiger partial charge is 0.429 e. The van der Waals surface area contributed by atoms with E-state index >= 15 is 0 Å². The molecule has 16 heavy (non-hydrogen) atoms. The lowest BCUT2D eigenvalue weighted by Gasteiger charge is -2.34. The Hall–Kier alpha value is -1.02. The quantitative estimate of drug-likeness (QED) is 0.430. The molecule has 0 saturated heterocycles. The summed E-state index contributed by atoms with van der Waals surface area (Å²) in [4.78, 5) is 0. The molecule has 1 aromatic rings. The highest BCUT2D eigenvalue weighted by atomic mass is 35.5. The highest BCUT2D eigenvalue weighted by Crippen LogP contribution is 2.99. The van der Waals surface area contributed by atoms with Crippen molar-refractivity contribution in [2.75, 3.05) is 0 Å². The number of hydrogen-bond acceptors (Lipinski definition) is 2. The fourth-order valence-corrected chi connectivity index (χ4v) is 1.53. The first-order chi connectivity index (χ1) is 6.95. The van der Waals surface area contributed by atoms with Crippen LogP contribution in [-0.2, 0) is 0 Å². The topological polar surface area (TPSA) is 21.6 Å². The van der Waals surface area contributed by atoms with Gasteiger partial charge in [0.05, 0.1) is 0 Å². The van der Waals surface area contributed by atoms with Crippen LogP contribution in [0.4, 0.5) is 19.4 Å². The Morgan fingerprint density at radius 2 is 1.56 bits per heavy atom. The Balaban J connectivity index is 2.91. The van der Waals surface area contributed by atoms with Crippen molar-refractivity contribution < 1.29 is 24.2 Å². The summed E-state index contributed by atoms with van der Waals surface area (Å²) in [6.45, 7) is 0. The molecule has 1 rings (SSSR count). The normalized spacial score (nSPS) is 17.5. The fraction of sp³-hybridized carbons (Fsp3) is 0. The molecular weight excluding hydrogens is 277 g/mol. The molecule has 0 atom stereocenters. The second-order valence-corrected chi connectivity index (χ2v) is 5.05. The van der Waals surface area contributed by atoms with E-state index in [1.165, 1.54) is 28.7 Å². The maximum absolute atomic E-state index is 11.8. The van der Waals surface area contributed by atoms with Gasteiger partial charge >= 0.3 is 15.8 Å². The van der Waals surface area contributed by atoms with Crippen LogP contribution in [0.2, 0.25) is 0 Å². The molecule has 0 heterocycles. The minimum absolute atomic E-state index is 0.127. The van der Waals surface area contributed by atoms with E-state index in [9.17, 15) is 19.4 Å². The summed E-state index contributed by atoms with van der Waals surface area (Å²) in [6, 6.07) is 6.90. The number of ether oxygens (including phenoxy) is 1. The third-order valence-corrected chi connectivity index (χ3v) is 1.96. The summed E-state index contributed by atoms with van der Waals surface area (Å²) in [5, 5.41) is -1.68. The third-order valence-electron chi connectivity index (χ3n) is 1.19.